The fourth-order valence-electron chi connectivity index (χ4n) is 7.57. The van der Waals surface area contributed by atoms with Gasteiger partial charge < -0.3 is 47.1 Å². The summed E-state index contributed by atoms with van der Waals surface area (Å²) < 4.78 is 62.9. The first-order valence-corrected chi connectivity index (χ1v) is 24.4. The predicted octanol–water partition coefficient (Wildman–Crippen LogP) is 5.01. The summed E-state index contributed by atoms with van der Waals surface area (Å²) in [6.07, 6.45) is -12.6. The van der Waals surface area contributed by atoms with Crippen molar-refractivity contribution in [3.05, 3.63) is 71.8 Å². The number of ether oxygens (including phenoxy) is 9. The van der Waals surface area contributed by atoms with Gasteiger partial charge in [0.2, 0.25) is 11.8 Å². The minimum atomic E-state index is -2.79. The van der Waals surface area contributed by atoms with Crippen LogP contribution in [0.4, 0.5) is 0 Å². The number of rotatable bonds is 17. The Hall–Kier alpha value is -4.56. The zero-order chi connectivity index (χ0) is 47.1. The summed E-state index contributed by atoms with van der Waals surface area (Å²) in [7, 11) is -2.79. The highest BCUT2D eigenvalue weighted by Gasteiger charge is 2.61. The van der Waals surface area contributed by atoms with Gasteiger partial charge in [0.25, 0.3) is 0 Å². The average molecular weight is 914 g/mol. The highest BCUT2D eigenvalue weighted by atomic mass is 28.4. The second-order valence-corrected chi connectivity index (χ2v) is 22.7. The number of carbonyl (C=O) groups is 6. The van der Waals surface area contributed by atoms with Crippen LogP contribution in [-0.2, 0) is 89.0 Å². The lowest BCUT2D eigenvalue weighted by Gasteiger charge is -2.52. The molecule has 5 rings (SSSR count). The molecule has 3 aliphatic heterocycles. The third-order valence-corrected chi connectivity index (χ3v) is 16.5. The molecule has 3 heterocycles. The molecule has 0 spiro atoms. The van der Waals surface area contributed by atoms with E-state index in [0.717, 1.165) is 36.8 Å². The first-order valence-electron chi connectivity index (χ1n) is 21.5. The molecule has 18 heteroatoms. The zero-order valence-electron chi connectivity index (χ0n) is 38.5. The minimum absolute atomic E-state index is 0.0355. The maximum absolute atomic E-state index is 14.3. The molecule has 0 saturated carbocycles. The molecule has 3 aliphatic rings. The lowest BCUT2D eigenvalue weighted by Crippen LogP contribution is -2.70. The smallest absolute Gasteiger partial charge is 0.303 e. The Labute approximate surface area is 375 Å². The minimum Gasteiger partial charge on any atom is -0.463 e. The Kier molecular flexibility index (Phi) is 17.0. The number of benzene rings is 2. The second-order valence-electron chi connectivity index (χ2n) is 18.0. The van der Waals surface area contributed by atoms with Gasteiger partial charge in [0.1, 0.15) is 37.1 Å². The molecule has 0 radical (unpaired) electrons. The van der Waals surface area contributed by atoms with Gasteiger partial charge >= 0.3 is 23.9 Å². The quantitative estimate of drug-likeness (QED) is 0.0887. The van der Waals surface area contributed by atoms with Crippen LogP contribution in [0.2, 0.25) is 18.1 Å². The molecule has 12 atom stereocenters. The number of nitrogens with zero attached hydrogens (tertiary/aromatic N) is 1. The highest BCUT2D eigenvalue weighted by molar-refractivity contribution is 6.74. The molecule has 352 valence electrons. The molecule has 17 nitrogen and oxygen atoms in total. The van der Waals surface area contributed by atoms with Crippen molar-refractivity contribution in [1.82, 2.24) is 4.90 Å². The van der Waals surface area contributed by atoms with Crippen molar-refractivity contribution >= 4 is 44.0 Å². The predicted molar refractivity (Wildman–Crippen MR) is 229 cm³/mol. The van der Waals surface area contributed by atoms with Crippen molar-refractivity contribution in [2.75, 3.05) is 13.2 Å². The van der Waals surface area contributed by atoms with Gasteiger partial charge in [0, 0.05) is 39.5 Å². The van der Waals surface area contributed by atoms with E-state index in [1.165, 1.54) is 6.92 Å². The fourth-order valence-corrected chi connectivity index (χ4v) is 8.70. The van der Waals surface area contributed by atoms with E-state index in [9.17, 15) is 28.8 Å². The number of likely N-dealkylation sites (tertiary alicyclic amines) is 1. The van der Waals surface area contributed by atoms with Gasteiger partial charge in [-0.2, -0.15) is 0 Å². The average Bonchev–Trinajstić information content (AvgIpc) is 3.40. The third kappa shape index (κ3) is 12.4. The normalized spacial score (nSPS) is 29.8. The molecular formula is C46H63NO16Si. The maximum Gasteiger partial charge on any atom is 0.303 e. The molecule has 3 fully saturated rings. The van der Waals surface area contributed by atoms with E-state index in [4.69, 9.17) is 47.1 Å². The molecule has 64 heavy (non-hydrogen) atoms. The van der Waals surface area contributed by atoms with Gasteiger partial charge in [-0.25, -0.2) is 0 Å². The van der Waals surface area contributed by atoms with Crippen LogP contribution < -0.4 is 0 Å². The SMILES string of the molecule is CC(=O)OC[C@H]1O[C@@H](O[C@H]2[C@H](OCc3ccccc3)[C@@H](N3C(=O)C(C)C(C)C3=O)[C@H](O[Si](C)(C)C(C)(C)C)O[C@@H]2COCc2ccccc2)[C@H](OC(C)=O)[C@@H](OC(C)=O)[C@H]1OC(C)=O. The second kappa shape index (κ2) is 21.6. The van der Waals surface area contributed by atoms with Crippen molar-refractivity contribution in [2.45, 2.75) is 155 Å². The zero-order valence-corrected chi connectivity index (χ0v) is 39.5. The van der Waals surface area contributed by atoms with Crippen molar-refractivity contribution in [3.63, 3.8) is 0 Å². The number of imide groups is 1. The Morgan fingerprint density at radius 3 is 1.62 bits per heavy atom. The molecule has 3 saturated heterocycles. The Morgan fingerprint density at radius 1 is 0.625 bits per heavy atom. The van der Waals surface area contributed by atoms with Gasteiger partial charge in [-0.15, -0.1) is 0 Å². The van der Waals surface area contributed by atoms with Crippen molar-refractivity contribution < 1.29 is 75.8 Å². The first kappa shape index (κ1) is 50.4. The highest BCUT2D eigenvalue weighted by Crippen LogP contribution is 2.43. The molecule has 2 aromatic carbocycles. The van der Waals surface area contributed by atoms with Crippen molar-refractivity contribution in [1.29, 1.82) is 0 Å². The van der Waals surface area contributed by atoms with Gasteiger partial charge in [-0.3, -0.25) is 33.7 Å². The lowest BCUT2D eigenvalue weighted by molar-refractivity contribution is -0.353. The lowest BCUT2D eigenvalue weighted by atomic mass is 9.94. The first-order chi connectivity index (χ1) is 30.1. The molecule has 0 N–H and O–H groups in total. The van der Waals surface area contributed by atoms with E-state index < -0.39 is 124 Å². The summed E-state index contributed by atoms with van der Waals surface area (Å²) >= 11 is 0. The number of hydrogen-bond donors (Lipinski definition) is 0. The van der Waals surface area contributed by atoms with E-state index in [1.54, 1.807) is 13.8 Å². The monoisotopic (exact) mass is 913 g/mol. The largest absolute Gasteiger partial charge is 0.463 e. The van der Waals surface area contributed by atoms with Gasteiger partial charge in [0.05, 0.1) is 19.8 Å². The molecule has 0 aliphatic carbocycles. The van der Waals surface area contributed by atoms with Crippen LogP contribution in [-0.4, -0.2) is 123 Å². The van der Waals surface area contributed by atoms with Crippen LogP contribution in [0.5, 0.6) is 0 Å². The van der Waals surface area contributed by atoms with Gasteiger partial charge in [-0.05, 0) is 29.3 Å². The number of carbonyl (C=O) groups excluding carboxylic acids is 6. The summed E-state index contributed by atoms with van der Waals surface area (Å²) in [5, 5.41) is -0.359. The Morgan fingerprint density at radius 2 is 1.11 bits per heavy atom. The molecule has 2 aromatic rings. The molecule has 2 amide bonds. The van der Waals surface area contributed by atoms with E-state index in [-0.39, 0.29) is 24.9 Å². The van der Waals surface area contributed by atoms with Crippen LogP contribution in [0.1, 0.15) is 73.4 Å². The van der Waals surface area contributed by atoms with Crippen LogP contribution in [0.15, 0.2) is 60.7 Å². The van der Waals surface area contributed by atoms with E-state index in [1.807, 2.05) is 94.5 Å². The van der Waals surface area contributed by atoms with E-state index in [0.29, 0.717) is 0 Å². The van der Waals surface area contributed by atoms with E-state index >= 15 is 0 Å². The summed E-state index contributed by atoms with van der Waals surface area (Å²) in [6, 6.07) is 17.4. The van der Waals surface area contributed by atoms with Crippen molar-refractivity contribution in [3.8, 4) is 0 Å². The van der Waals surface area contributed by atoms with Crippen molar-refractivity contribution in [2.24, 2.45) is 11.8 Å². The Bertz CT molecular complexity index is 1920. The summed E-state index contributed by atoms with van der Waals surface area (Å²) in [6.45, 7) is 17.5. The summed E-state index contributed by atoms with van der Waals surface area (Å²) in [4.78, 5) is 80.1. The standard InChI is InChI=1S/C46H63NO16Si/c1-26-27(2)43(53)47(42(26)52)36-39(56-23-33-20-16-13-17-21-33)37(34(24-54-22-32-18-14-12-15-19-32)60-44(36)63-64(10,11)46(7,8)9)62-45-41(59-31(6)51)40(58-30(5)50)38(57-29(4)49)35(61-45)25-55-28(3)48/h12-21,26-27,34-41,44-45H,22-25H2,1-11H3/t26?,27?,34-,35-,36-,37-,38+,39-,40+,41-,44+,45+/m1/s1. The van der Waals surface area contributed by atoms with Crippen LogP contribution in [0.25, 0.3) is 0 Å². The van der Waals surface area contributed by atoms with E-state index in [2.05, 4.69) is 0 Å². The summed E-state index contributed by atoms with van der Waals surface area (Å²) in [5.41, 5.74) is 1.61. The molecule has 0 bridgehead atoms. The number of esters is 4. The van der Waals surface area contributed by atoms with Crippen LogP contribution >= 0.6 is 0 Å². The topological polar surface area (TPSA) is 198 Å². The number of hydrogen-bond acceptors (Lipinski definition) is 16. The third-order valence-electron chi connectivity index (χ3n) is 12.1. The molecule has 0 aromatic heterocycles. The number of amides is 2. The van der Waals surface area contributed by atoms with Crippen LogP contribution in [0, 0.1) is 11.8 Å². The van der Waals surface area contributed by atoms with Gasteiger partial charge in [0.15, 0.2) is 39.2 Å². The molecule has 2 unspecified atom stereocenters. The Balaban J connectivity index is 1.70. The van der Waals surface area contributed by atoms with Crippen LogP contribution in [0.3, 0.4) is 0 Å². The summed E-state index contributed by atoms with van der Waals surface area (Å²) in [5.74, 6) is -5.48. The molecular weight excluding hydrogens is 851 g/mol. The van der Waals surface area contributed by atoms with Gasteiger partial charge in [-0.1, -0.05) is 95.3 Å². The maximum atomic E-state index is 14.3. The fraction of sp³-hybridized carbons (Fsp3) is 0.609.